The number of hydrogen-bond acceptors (Lipinski definition) is 3. The van der Waals surface area contributed by atoms with Crippen LogP contribution in [0, 0.1) is 12.3 Å². The lowest BCUT2D eigenvalue weighted by Crippen LogP contribution is -2.66. The van der Waals surface area contributed by atoms with Gasteiger partial charge in [0.2, 0.25) is 0 Å². The Bertz CT molecular complexity index is 768. The van der Waals surface area contributed by atoms with Crippen LogP contribution in [0.3, 0.4) is 0 Å². The van der Waals surface area contributed by atoms with Crippen LogP contribution in [0.4, 0.5) is 0 Å². The second-order valence-corrected chi connectivity index (χ2v) is 13.1. The van der Waals surface area contributed by atoms with Gasteiger partial charge >= 0.3 is 0 Å². The van der Waals surface area contributed by atoms with Gasteiger partial charge in [-0.05, 0) is 34.7 Å². The predicted molar refractivity (Wildman–Crippen MR) is 121 cm³/mol. The van der Waals surface area contributed by atoms with E-state index in [9.17, 15) is 5.11 Å². The largest absolute Gasteiger partial charge is 0.407 e. The van der Waals surface area contributed by atoms with E-state index < -0.39 is 14.4 Å². The van der Waals surface area contributed by atoms with Crippen molar-refractivity contribution in [2.75, 3.05) is 6.61 Å². The minimum Gasteiger partial charge on any atom is -0.407 e. The Morgan fingerprint density at radius 2 is 1.62 bits per heavy atom. The molecule has 3 atom stereocenters. The van der Waals surface area contributed by atoms with E-state index in [1.54, 1.807) is 0 Å². The minimum atomic E-state index is -2.50. The molecule has 29 heavy (non-hydrogen) atoms. The van der Waals surface area contributed by atoms with Crippen molar-refractivity contribution in [3.8, 4) is 12.3 Å². The van der Waals surface area contributed by atoms with E-state index in [4.69, 9.17) is 15.6 Å². The SMILES string of the molecule is C#C[C@H](O)[C@H]1CC[C@H](CCO[Si](c2ccccc2)(c2ccccc2)C(C)(C)C)O1. The van der Waals surface area contributed by atoms with Crippen LogP contribution in [0.15, 0.2) is 60.7 Å². The molecular weight excluding hydrogens is 376 g/mol. The smallest absolute Gasteiger partial charge is 0.261 e. The summed E-state index contributed by atoms with van der Waals surface area (Å²) in [5, 5.41) is 12.4. The summed E-state index contributed by atoms with van der Waals surface area (Å²) in [5.41, 5.74) is 0. The summed E-state index contributed by atoms with van der Waals surface area (Å²) in [4.78, 5) is 0. The highest BCUT2D eigenvalue weighted by Gasteiger charge is 2.50. The molecule has 0 saturated carbocycles. The molecule has 0 radical (unpaired) electrons. The Morgan fingerprint density at radius 3 is 2.10 bits per heavy atom. The quantitative estimate of drug-likeness (QED) is 0.563. The van der Waals surface area contributed by atoms with Crippen LogP contribution in [0.25, 0.3) is 0 Å². The summed E-state index contributed by atoms with van der Waals surface area (Å²) in [6, 6.07) is 21.3. The molecule has 1 heterocycles. The fourth-order valence-electron chi connectivity index (χ4n) is 4.39. The molecule has 3 rings (SSSR count). The summed E-state index contributed by atoms with van der Waals surface area (Å²) in [6.45, 7) is 7.47. The zero-order chi connectivity index (χ0) is 20.9. The highest BCUT2D eigenvalue weighted by molar-refractivity contribution is 6.99. The van der Waals surface area contributed by atoms with Gasteiger partial charge < -0.3 is 14.3 Å². The molecule has 0 amide bonds. The molecule has 0 bridgehead atoms. The molecule has 1 aliphatic rings. The topological polar surface area (TPSA) is 38.7 Å². The lowest BCUT2D eigenvalue weighted by Gasteiger charge is -2.43. The van der Waals surface area contributed by atoms with Gasteiger partial charge in [0.05, 0.1) is 12.2 Å². The van der Waals surface area contributed by atoms with E-state index in [0.717, 1.165) is 19.3 Å². The number of aliphatic hydroxyl groups is 1. The second kappa shape index (κ2) is 9.28. The van der Waals surface area contributed by atoms with Gasteiger partial charge in [0, 0.05) is 6.61 Å². The molecule has 2 aromatic carbocycles. The van der Waals surface area contributed by atoms with Crippen LogP contribution in [0.5, 0.6) is 0 Å². The van der Waals surface area contributed by atoms with Gasteiger partial charge in [-0.2, -0.15) is 0 Å². The molecule has 0 aromatic heterocycles. The third-order valence-corrected chi connectivity index (χ3v) is 10.9. The van der Waals surface area contributed by atoms with E-state index in [-0.39, 0.29) is 17.2 Å². The molecule has 1 fully saturated rings. The number of terminal acetylenes is 1. The zero-order valence-electron chi connectivity index (χ0n) is 17.7. The maximum Gasteiger partial charge on any atom is 0.261 e. The monoisotopic (exact) mass is 408 g/mol. The van der Waals surface area contributed by atoms with Crippen molar-refractivity contribution in [2.24, 2.45) is 0 Å². The van der Waals surface area contributed by atoms with E-state index in [2.05, 4.69) is 87.4 Å². The van der Waals surface area contributed by atoms with E-state index >= 15 is 0 Å². The molecule has 2 aromatic rings. The average Bonchev–Trinajstić information content (AvgIpc) is 3.20. The Balaban J connectivity index is 1.83. The van der Waals surface area contributed by atoms with Crippen molar-refractivity contribution >= 4 is 18.7 Å². The van der Waals surface area contributed by atoms with Gasteiger partial charge in [-0.15, -0.1) is 6.42 Å². The molecule has 0 unspecified atom stereocenters. The standard InChI is InChI=1S/C25H32O3Si/c1-5-23(26)24-17-16-20(28-24)18-19-27-29(25(2,3)4,21-12-8-6-9-13-21)22-14-10-7-11-15-22/h1,6-15,20,23-24,26H,16-19H2,2-4H3/t20-,23+,24-/m1/s1. The first kappa shape index (κ1) is 21.8. The summed E-state index contributed by atoms with van der Waals surface area (Å²) in [5.74, 6) is 2.38. The number of ether oxygens (including phenoxy) is 1. The van der Waals surface area contributed by atoms with Crippen molar-refractivity contribution in [2.45, 2.75) is 63.4 Å². The maximum absolute atomic E-state index is 9.85. The number of aliphatic hydroxyl groups excluding tert-OH is 1. The third kappa shape index (κ3) is 4.65. The normalized spacial score (nSPS) is 20.9. The van der Waals surface area contributed by atoms with Gasteiger partial charge in [0.15, 0.2) is 0 Å². The average molecular weight is 409 g/mol. The maximum atomic E-state index is 9.85. The first-order valence-electron chi connectivity index (χ1n) is 10.4. The van der Waals surface area contributed by atoms with Crippen molar-refractivity contribution in [1.82, 2.24) is 0 Å². The molecule has 1 aliphatic heterocycles. The Labute approximate surface area is 176 Å². The number of rotatable bonds is 7. The lowest BCUT2D eigenvalue weighted by atomic mass is 10.1. The van der Waals surface area contributed by atoms with Crippen LogP contribution in [0.1, 0.15) is 40.0 Å². The summed E-state index contributed by atoms with van der Waals surface area (Å²) in [6.07, 6.45) is 6.86. The Hall–Kier alpha value is -1.90. The van der Waals surface area contributed by atoms with Crippen LogP contribution in [-0.4, -0.2) is 38.3 Å². The third-order valence-electron chi connectivity index (χ3n) is 5.84. The molecule has 3 nitrogen and oxygen atoms in total. The minimum absolute atomic E-state index is 0.0333. The van der Waals surface area contributed by atoms with Gasteiger partial charge in [0.25, 0.3) is 8.32 Å². The highest BCUT2D eigenvalue weighted by Crippen LogP contribution is 2.37. The zero-order valence-corrected chi connectivity index (χ0v) is 18.7. The molecule has 154 valence electrons. The number of benzene rings is 2. The van der Waals surface area contributed by atoms with Crippen LogP contribution >= 0.6 is 0 Å². The molecule has 1 saturated heterocycles. The first-order chi connectivity index (χ1) is 13.9. The molecule has 1 N–H and O–H groups in total. The highest BCUT2D eigenvalue weighted by atomic mass is 28.4. The van der Waals surface area contributed by atoms with Crippen LogP contribution < -0.4 is 10.4 Å². The summed E-state index contributed by atoms with van der Waals surface area (Å²) < 4.78 is 12.9. The van der Waals surface area contributed by atoms with Gasteiger partial charge in [-0.25, -0.2) is 0 Å². The molecule has 4 heteroatoms. The Kier molecular flexibility index (Phi) is 6.97. The van der Waals surface area contributed by atoms with Crippen molar-refractivity contribution in [3.63, 3.8) is 0 Å². The fraction of sp³-hybridized carbons (Fsp3) is 0.440. The van der Waals surface area contributed by atoms with Crippen molar-refractivity contribution in [1.29, 1.82) is 0 Å². The predicted octanol–water partition coefficient (Wildman–Crippen LogP) is 3.49. The van der Waals surface area contributed by atoms with Crippen molar-refractivity contribution < 1.29 is 14.3 Å². The van der Waals surface area contributed by atoms with Gasteiger partial charge in [-0.3, -0.25) is 0 Å². The molecular formula is C25H32O3Si. The van der Waals surface area contributed by atoms with Crippen LogP contribution in [0.2, 0.25) is 5.04 Å². The van der Waals surface area contributed by atoms with E-state index in [1.165, 1.54) is 10.4 Å². The molecule has 0 spiro atoms. The lowest BCUT2D eigenvalue weighted by molar-refractivity contribution is -0.0186. The van der Waals surface area contributed by atoms with Crippen molar-refractivity contribution in [3.05, 3.63) is 60.7 Å². The summed E-state index contributed by atoms with van der Waals surface area (Å²) >= 11 is 0. The van der Waals surface area contributed by atoms with E-state index in [0.29, 0.717) is 6.61 Å². The fourth-order valence-corrected chi connectivity index (χ4v) is 8.97. The van der Waals surface area contributed by atoms with Crippen LogP contribution in [-0.2, 0) is 9.16 Å². The van der Waals surface area contributed by atoms with Gasteiger partial charge in [0.1, 0.15) is 6.10 Å². The van der Waals surface area contributed by atoms with E-state index in [1.807, 2.05) is 0 Å². The summed E-state index contributed by atoms with van der Waals surface area (Å²) in [7, 11) is -2.50. The first-order valence-corrected chi connectivity index (χ1v) is 12.3. The molecule has 0 aliphatic carbocycles. The Morgan fingerprint density at radius 1 is 1.07 bits per heavy atom. The second-order valence-electron chi connectivity index (χ2n) is 8.79. The number of hydrogen-bond donors (Lipinski definition) is 1. The van der Waals surface area contributed by atoms with Gasteiger partial charge in [-0.1, -0.05) is 87.4 Å².